The molecule has 0 bridgehead atoms. The number of carbonyl (C=O) groups is 1. The summed E-state index contributed by atoms with van der Waals surface area (Å²) in [6.07, 6.45) is 4.49. The Labute approximate surface area is 233 Å². The Balaban J connectivity index is 1.43. The van der Waals surface area contributed by atoms with Crippen molar-refractivity contribution >= 4 is 30.6 Å². The number of halogens is 2. The zero-order chi connectivity index (χ0) is 29.5. The van der Waals surface area contributed by atoms with Gasteiger partial charge in [0.1, 0.15) is 47.6 Å². The number of rotatable bonds is 8. The molecule has 5 rings (SSSR count). The van der Waals surface area contributed by atoms with Crippen molar-refractivity contribution in [2.45, 2.75) is 49.9 Å². The molecular weight excluding hydrogens is 563 g/mol. The number of aromatic nitrogens is 3. The van der Waals surface area contributed by atoms with E-state index in [0.29, 0.717) is 23.8 Å². The van der Waals surface area contributed by atoms with Crippen molar-refractivity contribution in [1.82, 2.24) is 19.2 Å². The number of aliphatic hydroxyl groups excluding tert-OH is 1. The van der Waals surface area contributed by atoms with Crippen LogP contribution in [0.15, 0.2) is 36.8 Å². The van der Waals surface area contributed by atoms with Crippen molar-refractivity contribution in [1.29, 1.82) is 0 Å². The van der Waals surface area contributed by atoms with E-state index in [-0.39, 0.29) is 23.8 Å². The van der Waals surface area contributed by atoms with Gasteiger partial charge in [0.2, 0.25) is 0 Å². The third-order valence-electron chi connectivity index (χ3n) is 7.21. The number of esters is 1. The minimum absolute atomic E-state index is 0.00393. The van der Waals surface area contributed by atoms with Crippen molar-refractivity contribution in [2.75, 3.05) is 26.0 Å². The molecule has 0 radical (unpaired) electrons. The fraction of sp³-hybridized carbons (Fsp3) is 0.423. The van der Waals surface area contributed by atoms with E-state index in [2.05, 4.69) is 15.9 Å². The SMILES string of the molecule is C#Cc1cn([C@@H]2O[C@H](COP(=O)(Oc3ccc(F)cc3)N3CCCC3C(=O)OC)[C@@H](O)[C@@]2(C)F)c2ncnc(N)c12. The van der Waals surface area contributed by atoms with E-state index in [4.69, 9.17) is 30.7 Å². The van der Waals surface area contributed by atoms with E-state index in [0.717, 1.165) is 19.1 Å². The van der Waals surface area contributed by atoms with Gasteiger partial charge in [-0.2, -0.15) is 4.67 Å². The minimum Gasteiger partial charge on any atom is -0.468 e. The molecule has 0 spiro atoms. The quantitative estimate of drug-likeness (QED) is 0.226. The maximum atomic E-state index is 16.1. The predicted octanol–water partition coefficient (Wildman–Crippen LogP) is 2.96. The lowest BCUT2D eigenvalue weighted by atomic mass is 9.98. The summed E-state index contributed by atoms with van der Waals surface area (Å²) in [5.41, 5.74) is 4.06. The molecule has 12 nitrogen and oxygen atoms in total. The van der Waals surface area contributed by atoms with Crippen LogP contribution in [0.1, 0.15) is 31.6 Å². The highest BCUT2D eigenvalue weighted by Gasteiger charge is 2.56. The van der Waals surface area contributed by atoms with Crippen LogP contribution >= 0.6 is 7.75 Å². The normalized spacial score (nSPS) is 27.9. The van der Waals surface area contributed by atoms with Gasteiger partial charge in [-0.25, -0.2) is 23.3 Å². The number of nitrogens with two attached hydrogens (primary N) is 1. The molecule has 6 atom stereocenters. The van der Waals surface area contributed by atoms with Gasteiger partial charge >= 0.3 is 13.7 Å². The first kappa shape index (κ1) is 28.9. The minimum atomic E-state index is -4.36. The van der Waals surface area contributed by atoms with Crippen molar-refractivity contribution in [2.24, 2.45) is 0 Å². The Kier molecular flexibility index (Phi) is 7.76. The van der Waals surface area contributed by atoms with Crippen LogP contribution in [0.2, 0.25) is 0 Å². The molecule has 2 aliphatic heterocycles. The van der Waals surface area contributed by atoms with Gasteiger partial charge in [0.25, 0.3) is 0 Å². The van der Waals surface area contributed by atoms with E-state index in [9.17, 15) is 18.9 Å². The summed E-state index contributed by atoms with van der Waals surface area (Å²) in [7, 11) is -3.16. The lowest BCUT2D eigenvalue weighted by Gasteiger charge is -2.31. The lowest BCUT2D eigenvalue weighted by molar-refractivity contribution is -0.144. The van der Waals surface area contributed by atoms with Gasteiger partial charge < -0.3 is 29.4 Å². The number of aliphatic hydroxyl groups is 1. The summed E-state index contributed by atoms with van der Waals surface area (Å²) < 4.78 is 68.6. The molecule has 2 unspecified atom stereocenters. The predicted molar refractivity (Wildman–Crippen MR) is 142 cm³/mol. The van der Waals surface area contributed by atoms with Crippen LogP contribution in [-0.2, 0) is 23.4 Å². The molecule has 1 aromatic carbocycles. The maximum Gasteiger partial charge on any atom is 0.462 e. The van der Waals surface area contributed by atoms with Crippen molar-refractivity contribution < 1.29 is 41.8 Å². The molecule has 218 valence electrons. The first-order chi connectivity index (χ1) is 19.5. The Morgan fingerprint density at radius 2 is 2.10 bits per heavy atom. The first-order valence-electron chi connectivity index (χ1n) is 12.6. The number of carbonyl (C=O) groups excluding carboxylic acids is 1. The monoisotopic (exact) mass is 591 g/mol. The average molecular weight is 592 g/mol. The molecule has 2 saturated heterocycles. The standard InChI is InChI=1S/C26H28F2N5O7P/c1-4-15-12-32(23-20(15)22(29)30-14-31-23)25-26(2,28)21(34)19(39-25)13-38-41(36,40-17-9-7-16(27)8-10-17)33-11-5-6-18(33)24(35)37-3/h1,7-10,12,14,18-19,21,25,34H,5-6,11,13H2,2-3H3,(H2,29,30,31)/t18?,19-,21-,25-,26-,41?/m1/s1. The summed E-state index contributed by atoms with van der Waals surface area (Å²) in [6.45, 7) is 0.691. The van der Waals surface area contributed by atoms with Crippen LogP contribution in [0.4, 0.5) is 14.6 Å². The van der Waals surface area contributed by atoms with Gasteiger partial charge in [0.05, 0.1) is 24.7 Å². The number of nitrogen functional groups attached to an aromatic ring is 1. The molecule has 4 heterocycles. The molecule has 41 heavy (non-hydrogen) atoms. The molecular formula is C26H28F2N5O7P. The smallest absolute Gasteiger partial charge is 0.462 e. The number of terminal acetylenes is 1. The number of alkyl halides is 1. The summed E-state index contributed by atoms with van der Waals surface area (Å²) >= 11 is 0. The summed E-state index contributed by atoms with van der Waals surface area (Å²) in [6, 6.07) is 3.76. The highest BCUT2D eigenvalue weighted by Crippen LogP contribution is 2.56. The second-order valence-corrected chi connectivity index (χ2v) is 11.7. The number of methoxy groups -OCH3 is 1. The van der Waals surface area contributed by atoms with Crippen LogP contribution in [0.3, 0.4) is 0 Å². The van der Waals surface area contributed by atoms with E-state index in [1.54, 1.807) is 0 Å². The Morgan fingerprint density at radius 3 is 2.78 bits per heavy atom. The molecule has 15 heteroatoms. The van der Waals surface area contributed by atoms with E-state index < -0.39 is 56.3 Å². The number of benzene rings is 1. The molecule has 2 aromatic heterocycles. The molecule has 0 amide bonds. The van der Waals surface area contributed by atoms with Gasteiger partial charge in [-0.1, -0.05) is 5.92 Å². The number of fused-ring (bicyclic) bond motifs is 1. The number of anilines is 1. The highest BCUT2D eigenvalue weighted by atomic mass is 31.2. The van der Waals surface area contributed by atoms with Crippen molar-refractivity contribution in [3.8, 4) is 18.1 Å². The summed E-state index contributed by atoms with van der Waals surface area (Å²) in [5.74, 6) is 1.36. The highest BCUT2D eigenvalue weighted by molar-refractivity contribution is 7.51. The van der Waals surface area contributed by atoms with E-state index in [1.165, 1.54) is 41.0 Å². The van der Waals surface area contributed by atoms with Crippen LogP contribution in [0.5, 0.6) is 5.75 Å². The topological polar surface area (TPSA) is 151 Å². The van der Waals surface area contributed by atoms with Crippen LogP contribution in [0, 0.1) is 18.2 Å². The number of hydrogen-bond donors (Lipinski definition) is 2. The third kappa shape index (κ3) is 5.16. The number of nitrogens with zero attached hydrogens (tertiary/aromatic N) is 4. The maximum absolute atomic E-state index is 16.1. The molecule has 0 aliphatic carbocycles. The third-order valence-corrected chi connectivity index (χ3v) is 9.24. The first-order valence-corrected chi connectivity index (χ1v) is 14.1. The molecule has 0 saturated carbocycles. The Bertz CT molecular complexity index is 1540. The summed E-state index contributed by atoms with van der Waals surface area (Å²) in [4.78, 5) is 20.5. The zero-order valence-electron chi connectivity index (χ0n) is 22.1. The molecule has 3 N–H and O–H groups in total. The average Bonchev–Trinajstić information content (AvgIpc) is 3.65. The Hall–Kier alpha value is -3.60. The molecule has 3 aromatic rings. The van der Waals surface area contributed by atoms with Gasteiger partial charge in [-0.3, -0.25) is 9.32 Å². The fourth-order valence-electron chi connectivity index (χ4n) is 5.12. The van der Waals surface area contributed by atoms with E-state index in [1.807, 2.05) is 0 Å². The Morgan fingerprint density at radius 1 is 1.37 bits per heavy atom. The van der Waals surface area contributed by atoms with Gasteiger partial charge in [-0.15, -0.1) is 6.42 Å². The van der Waals surface area contributed by atoms with Gasteiger partial charge in [0.15, 0.2) is 11.9 Å². The second-order valence-electron chi connectivity index (χ2n) is 9.83. The zero-order valence-corrected chi connectivity index (χ0v) is 23.0. The molecule has 2 fully saturated rings. The fourth-order valence-corrected chi connectivity index (χ4v) is 7.08. The van der Waals surface area contributed by atoms with Crippen molar-refractivity contribution in [3.05, 3.63) is 48.2 Å². The van der Waals surface area contributed by atoms with Crippen LogP contribution in [-0.4, -0.2) is 74.5 Å². The van der Waals surface area contributed by atoms with Crippen LogP contribution in [0.25, 0.3) is 11.0 Å². The van der Waals surface area contributed by atoms with Gasteiger partial charge in [0, 0.05) is 12.7 Å². The largest absolute Gasteiger partial charge is 0.468 e. The number of ether oxygens (including phenoxy) is 2. The number of hydrogen-bond acceptors (Lipinski definition) is 10. The molecule has 2 aliphatic rings. The van der Waals surface area contributed by atoms with E-state index >= 15 is 4.39 Å². The van der Waals surface area contributed by atoms with Crippen LogP contribution < -0.4 is 10.3 Å². The van der Waals surface area contributed by atoms with Gasteiger partial charge in [-0.05, 0) is 44.0 Å². The van der Waals surface area contributed by atoms with Crippen molar-refractivity contribution in [3.63, 3.8) is 0 Å². The second kappa shape index (κ2) is 11.0. The lowest BCUT2D eigenvalue weighted by Crippen LogP contribution is -2.41. The summed E-state index contributed by atoms with van der Waals surface area (Å²) in [5, 5.41) is 11.3.